The number of nitrogens with two attached hydrogens (primary N) is 1. The summed E-state index contributed by atoms with van der Waals surface area (Å²) in [5, 5.41) is 11.1. The zero-order valence-corrected chi connectivity index (χ0v) is 10.1. The summed E-state index contributed by atoms with van der Waals surface area (Å²) in [6.45, 7) is 3.69. The van der Waals surface area contributed by atoms with Gasteiger partial charge in [0, 0.05) is 18.6 Å². The molecule has 2 rings (SSSR count). The second-order valence-electron chi connectivity index (χ2n) is 3.54. The number of hydrogen-bond acceptors (Lipinski definition) is 4. The smallest absolute Gasteiger partial charge is 0.234 e. The highest BCUT2D eigenvalue weighted by atomic mass is 15.3. The largest absolute Gasteiger partial charge is 0.369 e. The van der Waals surface area contributed by atoms with Crippen molar-refractivity contribution >= 4 is 11.7 Å². The fraction of sp³-hybridized carbons (Fsp3) is 0. The predicted octanol–water partition coefficient (Wildman–Crippen LogP) is 0.640. The van der Waals surface area contributed by atoms with Crippen molar-refractivity contribution in [3.63, 3.8) is 0 Å². The molecule has 0 amide bonds. The van der Waals surface area contributed by atoms with Crippen LogP contribution in [0.4, 0.5) is 0 Å². The van der Waals surface area contributed by atoms with Gasteiger partial charge in [0.1, 0.15) is 5.71 Å². The number of hydrazone groups is 1. The first-order chi connectivity index (χ1) is 9.22. The number of hydrogen-bond donors (Lipinski definition) is 3. The van der Waals surface area contributed by atoms with Gasteiger partial charge in [-0.15, -0.1) is 0 Å². The zero-order chi connectivity index (χ0) is 13.7. The van der Waals surface area contributed by atoms with Crippen molar-refractivity contribution in [2.45, 2.75) is 0 Å². The van der Waals surface area contributed by atoms with Crippen molar-refractivity contribution in [1.29, 1.82) is 5.41 Å². The maximum absolute atomic E-state index is 7.10. The van der Waals surface area contributed by atoms with Gasteiger partial charge in [-0.3, -0.25) is 9.98 Å². The lowest BCUT2D eigenvalue weighted by Gasteiger charge is -2.07. The molecule has 2 aromatic heterocycles. The summed E-state index contributed by atoms with van der Waals surface area (Å²) in [6, 6.07) is 5.43. The Morgan fingerprint density at radius 1 is 1.42 bits per heavy atom. The quantitative estimate of drug-likeness (QED) is 0.423. The summed E-state index contributed by atoms with van der Waals surface area (Å²) in [6.07, 6.45) is 6.69. The van der Waals surface area contributed by atoms with E-state index in [-0.39, 0.29) is 5.96 Å². The third kappa shape index (κ3) is 2.83. The van der Waals surface area contributed by atoms with Gasteiger partial charge in [-0.1, -0.05) is 6.58 Å². The van der Waals surface area contributed by atoms with Crippen LogP contribution in [0, 0.1) is 5.41 Å². The third-order valence-corrected chi connectivity index (χ3v) is 2.27. The molecule has 0 aliphatic heterocycles. The number of nitrogens with one attached hydrogen (secondary N) is 2. The number of guanidine groups is 1. The van der Waals surface area contributed by atoms with Gasteiger partial charge in [0.2, 0.25) is 11.9 Å². The minimum Gasteiger partial charge on any atom is -0.369 e. The summed E-state index contributed by atoms with van der Waals surface area (Å²) in [5.41, 5.74) is 8.86. The molecule has 0 bridgehead atoms. The molecular weight excluding hydrogens is 242 g/mol. The van der Waals surface area contributed by atoms with E-state index in [2.05, 4.69) is 27.1 Å². The normalized spacial score (nSPS) is 11.1. The van der Waals surface area contributed by atoms with E-state index in [9.17, 15) is 0 Å². The van der Waals surface area contributed by atoms with E-state index < -0.39 is 0 Å². The molecule has 19 heavy (non-hydrogen) atoms. The van der Waals surface area contributed by atoms with E-state index in [1.54, 1.807) is 29.1 Å². The molecule has 7 nitrogen and oxygen atoms in total. The lowest BCUT2D eigenvalue weighted by molar-refractivity contribution is 0.920. The highest BCUT2D eigenvalue weighted by Gasteiger charge is 2.09. The van der Waals surface area contributed by atoms with Crippen LogP contribution in [-0.2, 0) is 0 Å². The topological polar surface area (TPSA) is 105 Å². The van der Waals surface area contributed by atoms with E-state index in [0.717, 1.165) is 5.69 Å². The highest BCUT2D eigenvalue weighted by molar-refractivity contribution is 6.07. The number of allylic oxidation sites excluding steroid dienone is 1. The van der Waals surface area contributed by atoms with Crippen molar-refractivity contribution in [3.8, 4) is 5.95 Å². The van der Waals surface area contributed by atoms with Crippen molar-refractivity contribution < 1.29 is 0 Å². The van der Waals surface area contributed by atoms with Crippen LogP contribution in [0.25, 0.3) is 5.95 Å². The highest BCUT2D eigenvalue weighted by Crippen LogP contribution is 2.09. The first-order valence-electron chi connectivity index (χ1n) is 5.47. The Bertz CT molecular complexity index is 612. The van der Waals surface area contributed by atoms with E-state index in [0.29, 0.717) is 11.7 Å². The minimum absolute atomic E-state index is 0.242. The first kappa shape index (κ1) is 12.5. The molecule has 0 atom stereocenters. The molecule has 0 aliphatic rings. The van der Waals surface area contributed by atoms with Crippen LogP contribution < -0.4 is 11.2 Å². The molecule has 96 valence electrons. The van der Waals surface area contributed by atoms with E-state index in [1.807, 2.05) is 18.3 Å². The Morgan fingerprint density at radius 3 is 2.79 bits per heavy atom. The molecule has 0 aromatic carbocycles. The Labute approximate surface area is 110 Å². The Hall–Kier alpha value is -2.96. The van der Waals surface area contributed by atoms with Gasteiger partial charge in [0.05, 0.1) is 5.69 Å². The fourth-order valence-electron chi connectivity index (χ4n) is 1.51. The van der Waals surface area contributed by atoms with Gasteiger partial charge in [0.15, 0.2) is 0 Å². The maximum Gasteiger partial charge on any atom is 0.234 e. The molecule has 0 fully saturated rings. The minimum atomic E-state index is -0.242. The van der Waals surface area contributed by atoms with Gasteiger partial charge in [0.25, 0.3) is 0 Å². The summed E-state index contributed by atoms with van der Waals surface area (Å²) in [5.74, 6) is 0.285. The molecule has 0 spiro atoms. The van der Waals surface area contributed by atoms with Gasteiger partial charge >= 0.3 is 0 Å². The SMILES string of the molecule is C=CC(=NNC(=N)N)c1cccn1-c1ncccn1. The maximum atomic E-state index is 7.10. The monoisotopic (exact) mass is 255 g/mol. The molecule has 0 radical (unpaired) electrons. The molecule has 0 saturated carbocycles. The Morgan fingerprint density at radius 2 is 2.16 bits per heavy atom. The molecular formula is C12H13N7. The fourth-order valence-corrected chi connectivity index (χ4v) is 1.51. The predicted molar refractivity (Wildman–Crippen MR) is 73.1 cm³/mol. The molecule has 7 heteroatoms. The zero-order valence-electron chi connectivity index (χ0n) is 10.1. The average Bonchev–Trinajstić information content (AvgIpc) is 2.89. The summed E-state index contributed by atoms with van der Waals surface area (Å²) >= 11 is 0. The third-order valence-electron chi connectivity index (χ3n) is 2.27. The molecule has 0 aliphatic carbocycles. The van der Waals surface area contributed by atoms with Crippen molar-refractivity contribution in [2.24, 2.45) is 10.8 Å². The summed E-state index contributed by atoms with van der Waals surface area (Å²) in [4.78, 5) is 8.34. The van der Waals surface area contributed by atoms with Crippen LogP contribution in [-0.4, -0.2) is 26.2 Å². The van der Waals surface area contributed by atoms with Crippen LogP contribution in [0.15, 0.2) is 54.5 Å². The van der Waals surface area contributed by atoms with Crippen LogP contribution in [0.5, 0.6) is 0 Å². The van der Waals surface area contributed by atoms with Crippen molar-refractivity contribution in [3.05, 3.63) is 55.1 Å². The Kier molecular flexibility index (Phi) is 3.67. The summed E-state index contributed by atoms with van der Waals surface area (Å²) < 4.78 is 1.77. The van der Waals surface area contributed by atoms with Crippen molar-refractivity contribution in [1.82, 2.24) is 20.0 Å². The van der Waals surface area contributed by atoms with Gasteiger partial charge < -0.3 is 5.73 Å². The van der Waals surface area contributed by atoms with Crippen LogP contribution in [0.2, 0.25) is 0 Å². The van der Waals surface area contributed by atoms with Gasteiger partial charge in [-0.05, 0) is 24.3 Å². The molecule has 0 unspecified atom stereocenters. The first-order valence-corrected chi connectivity index (χ1v) is 5.47. The number of aromatic nitrogens is 3. The average molecular weight is 255 g/mol. The van der Waals surface area contributed by atoms with Gasteiger partial charge in [-0.2, -0.15) is 5.10 Å². The second kappa shape index (κ2) is 5.58. The second-order valence-corrected chi connectivity index (χ2v) is 3.54. The number of rotatable bonds is 4. The summed E-state index contributed by atoms with van der Waals surface area (Å²) in [7, 11) is 0. The molecule has 2 aromatic rings. The van der Waals surface area contributed by atoms with E-state index in [4.69, 9.17) is 11.1 Å². The van der Waals surface area contributed by atoms with Crippen LogP contribution in [0.3, 0.4) is 0 Å². The lowest BCUT2D eigenvalue weighted by Crippen LogP contribution is -2.27. The van der Waals surface area contributed by atoms with Crippen LogP contribution >= 0.6 is 0 Å². The standard InChI is InChI=1S/C12H13N7/c1-2-9(17-18-11(13)14)10-5-3-8-19(10)12-15-6-4-7-16-12/h2-8H,1H2,(H4,13,14,18). The van der Waals surface area contributed by atoms with E-state index >= 15 is 0 Å². The molecule has 4 N–H and O–H groups in total. The molecule has 2 heterocycles. The van der Waals surface area contributed by atoms with Gasteiger partial charge in [-0.25, -0.2) is 15.4 Å². The van der Waals surface area contributed by atoms with E-state index in [1.165, 1.54) is 0 Å². The van der Waals surface area contributed by atoms with Crippen LogP contribution in [0.1, 0.15) is 5.69 Å². The Balaban J connectivity index is 2.41. The van der Waals surface area contributed by atoms with Crippen molar-refractivity contribution in [2.75, 3.05) is 0 Å². The molecule has 0 saturated heterocycles. The number of nitrogens with zero attached hydrogens (tertiary/aromatic N) is 4. The lowest BCUT2D eigenvalue weighted by atomic mass is 10.2.